The topological polar surface area (TPSA) is 157 Å². The molecule has 10 nitrogen and oxygen atoms in total. The molecular formula is C10H15BrN5O5+. The van der Waals surface area contributed by atoms with E-state index in [0.717, 1.165) is 0 Å². The second-order valence-electron chi connectivity index (χ2n) is 4.83. The third-order valence-corrected chi connectivity index (χ3v) is 4.08. The van der Waals surface area contributed by atoms with Crippen molar-refractivity contribution in [1.82, 2.24) is 10.3 Å². The quantitative estimate of drug-likeness (QED) is 0.277. The minimum atomic E-state index is -1.27. The summed E-state index contributed by atoms with van der Waals surface area (Å²) in [5, 5.41) is 34.4. The molecule has 3 heterocycles. The number of fused-ring (bicyclic) bond motifs is 1. The van der Waals surface area contributed by atoms with Crippen molar-refractivity contribution in [2.45, 2.75) is 30.8 Å². The number of ether oxygens (including phenoxy) is 1. The molecule has 3 rings (SSSR count). The SMILES string of the molecule is NC1NC(=O)c2[nH]c(Br)[n+](C3OC(CO)C(O)C3O)c2N1. The van der Waals surface area contributed by atoms with E-state index in [0.29, 0.717) is 10.6 Å². The molecule has 1 aromatic rings. The van der Waals surface area contributed by atoms with Gasteiger partial charge in [-0.2, -0.15) is 4.57 Å². The predicted molar refractivity (Wildman–Crippen MR) is 70.8 cm³/mol. The first-order valence-corrected chi connectivity index (χ1v) is 7.01. The summed E-state index contributed by atoms with van der Waals surface area (Å²) < 4.78 is 7.22. The average Bonchev–Trinajstić information content (AvgIpc) is 2.89. The highest BCUT2D eigenvalue weighted by Gasteiger charge is 2.49. The van der Waals surface area contributed by atoms with Gasteiger partial charge in [-0.15, -0.1) is 0 Å². The number of anilines is 1. The number of aliphatic hydroxyl groups excluding tert-OH is 3. The zero-order valence-corrected chi connectivity index (χ0v) is 12.2. The number of rotatable bonds is 2. The number of carbonyl (C=O) groups is 1. The summed E-state index contributed by atoms with van der Waals surface area (Å²) in [5.41, 5.74) is 5.86. The minimum absolute atomic E-state index is 0.210. The van der Waals surface area contributed by atoms with Gasteiger partial charge >= 0.3 is 0 Å². The largest absolute Gasteiger partial charge is 0.394 e. The molecule has 0 aromatic carbocycles. The van der Waals surface area contributed by atoms with Crippen molar-refractivity contribution in [1.29, 1.82) is 0 Å². The van der Waals surface area contributed by atoms with Crippen LogP contribution >= 0.6 is 15.9 Å². The molecule has 5 unspecified atom stereocenters. The molecule has 1 saturated heterocycles. The van der Waals surface area contributed by atoms with Crippen LogP contribution in [0.5, 0.6) is 0 Å². The Morgan fingerprint density at radius 2 is 2.05 bits per heavy atom. The van der Waals surface area contributed by atoms with Crippen molar-refractivity contribution in [2.75, 3.05) is 11.9 Å². The maximum Gasteiger partial charge on any atom is 0.293 e. The lowest BCUT2D eigenvalue weighted by atomic mass is 10.1. The molecule has 5 atom stereocenters. The molecule has 1 amide bonds. The molecule has 21 heavy (non-hydrogen) atoms. The molecule has 1 fully saturated rings. The number of aliphatic hydroxyl groups is 3. The number of nitrogens with two attached hydrogens (primary N) is 1. The van der Waals surface area contributed by atoms with Crippen LogP contribution in [0, 0.1) is 0 Å². The van der Waals surface area contributed by atoms with Crippen molar-refractivity contribution in [2.24, 2.45) is 5.73 Å². The van der Waals surface area contributed by atoms with Gasteiger partial charge in [0.25, 0.3) is 16.5 Å². The molecule has 0 bridgehead atoms. The summed E-state index contributed by atoms with van der Waals surface area (Å²) in [6, 6.07) is 0. The third-order valence-electron chi connectivity index (χ3n) is 3.49. The van der Waals surface area contributed by atoms with Gasteiger partial charge < -0.3 is 25.4 Å². The number of amides is 1. The zero-order valence-electron chi connectivity index (χ0n) is 10.7. The molecular weight excluding hydrogens is 350 g/mol. The predicted octanol–water partition coefficient (Wildman–Crippen LogP) is -2.93. The Labute approximate surface area is 127 Å². The lowest BCUT2D eigenvalue weighted by Gasteiger charge is -2.20. The Morgan fingerprint density at radius 1 is 1.33 bits per heavy atom. The zero-order chi connectivity index (χ0) is 15.3. The second-order valence-corrected chi connectivity index (χ2v) is 5.58. The van der Waals surface area contributed by atoms with Gasteiger partial charge in [-0.05, 0) is 0 Å². The van der Waals surface area contributed by atoms with Crippen LogP contribution in [0.15, 0.2) is 4.73 Å². The van der Waals surface area contributed by atoms with Crippen LogP contribution in [0.25, 0.3) is 0 Å². The molecule has 116 valence electrons. The van der Waals surface area contributed by atoms with E-state index in [9.17, 15) is 15.0 Å². The number of halogens is 1. The summed E-state index contributed by atoms with van der Waals surface area (Å²) >= 11 is 3.24. The van der Waals surface area contributed by atoms with Crippen LogP contribution in [0.3, 0.4) is 0 Å². The van der Waals surface area contributed by atoms with E-state index in [4.69, 9.17) is 15.6 Å². The second kappa shape index (κ2) is 5.19. The Kier molecular flexibility index (Phi) is 3.63. The van der Waals surface area contributed by atoms with Gasteiger partial charge in [-0.25, -0.2) is 0 Å². The number of hydrogen-bond acceptors (Lipinski definition) is 7. The van der Waals surface area contributed by atoms with Crippen LogP contribution in [-0.2, 0) is 4.74 Å². The fourth-order valence-electron chi connectivity index (χ4n) is 2.48. The highest BCUT2D eigenvalue weighted by molar-refractivity contribution is 9.10. The van der Waals surface area contributed by atoms with Crippen LogP contribution in [-0.4, -0.2) is 57.4 Å². The number of nitrogens with zero attached hydrogens (tertiary/aromatic N) is 1. The third kappa shape index (κ3) is 2.22. The van der Waals surface area contributed by atoms with Crippen LogP contribution in [0.1, 0.15) is 16.7 Å². The molecule has 0 aliphatic carbocycles. The summed E-state index contributed by atoms with van der Waals surface area (Å²) in [7, 11) is 0. The summed E-state index contributed by atoms with van der Waals surface area (Å²) in [6.45, 7) is -0.438. The number of aromatic nitrogens is 2. The first-order valence-electron chi connectivity index (χ1n) is 6.22. The van der Waals surface area contributed by atoms with E-state index < -0.39 is 43.3 Å². The van der Waals surface area contributed by atoms with E-state index >= 15 is 0 Å². The van der Waals surface area contributed by atoms with Gasteiger partial charge in [-0.3, -0.25) is 20.8 Å². The summed E-state index contributed by atoms with van der Waals surface area (Å²) in [6.07, 6.45) is -5.21. The molecule has 0 saturated carbocycles. The number of imidazole rings is 1. The molecule has 1 aromatic heterocycles. The van der Waals surface area contributed by atoms with Crippen molar-refractivity contribution >= 4 is 27.7 Å². The van der Waals surface area contributed by atoms with Crippen molar-refractivity contribution in [3.63, 3.8) is 0 Å². The van der Waals surface area contributed by atoms with E-state index in [2.05, 4.69) is 31.5 Å². The number of H-pyrrole nitrogens is 1. The van der Waals surface area contributed by atoms with Gasteiger partial charge in [0, 0.05) is 15.9 Å². The standard InChI is InChI=1S/C10H14BrN5O5/c11-9-13-3-6(14-10(12)15-7(3)20)16(9)8-5(19)4(18)2(1-17)21-8/h2,4-5,8,10,17-19H,1,12H2,(H2,14,15,20)/p+1. The summed E-state index contributed by atoms with van der Waals surface area (Å²) in [4.78, 5) is 14.6. The number of hydrogen-bond donors (Lipinski definition) is 7. The number of aromatic amines is 1. The van der Waals surface area contributed by atoms with E-state index in [1.54, 1.807) is 0 Å². The van der Waals surface area contributed by atoms with E-state index in [1.165, 1.54) is 4.57 Å². The summed E-state index contributed by atoms with van der Waals surface area (Å²) in [5.74, 6) is -0.101. The first-order chi connectivity index (χ1) is 9.93. The number of nitrogens with one attached hydrogen (secondary N) is 3. The maximum atomic E-state index is 11.9. The Morgan fingerprint density at radius 3 is 2.67 bits per heavy atom. The van der Waals surface area contributed by atoms with Crippen molar-refractivity contribution in [3.05, 3.63) is 10.4 Å². The molecule has 11 heteroatoms. The highest BCUT2D eigenvalue weighted by atomic mass is 79.9. The van der Waals surface area contributed by atoms with Crippen LogP contribution in [0.4, 0.5) is 5.82 Å². The lowest BCUT2D eigenvalue weighted by molar-refractivity contribution is -0.762. The molecule has 0 radical (unpaired) electrons. The Bertz CT molecular complexity index is 580. The maximum absolute atomic E-state index is 11.9. The van der Waals surface area contributed by atoms with E-state index in [1.807, 2.05) is 0 Å². The van der Waals surface area contributed by atoms with Gasteiger partial charge in [-0.1, -0.05) is 0 Å². The molecule has 2 aliphatic rings. The smallest absolute Gasteiger partial charge is 0.293 e. The molecule has 0 spiro atoms. The van der Waals surface area contributed by atoms with Gasteiger partial charge in [0.1, 0.15) is 18.3 Å². The lowest BCUT2D eigenvalue weighted by Crippen LogP contribution is -2.56. The van der Waals surface area contributed by atoms with Gasteiger partial charge in [0.2, 0.25) is 11.9 Å². The monoisotopic (exact) mass is 364 g/mol. The van der Waals surface area contributed by atoms with Gasteiger partial charge in [0.15, 0.2) is 6.29 Å². The Balaban J connectivity index is 2.02. The van der Waals surface area contributed by atoms with Gasteiger partial charge in [0.05, 0.1) is 6.61 Å². The van der Waals surface area contributed by atoms with E-state index in [-0.39, 0.29) is 5.69 Å². The first kappa shape index (κ1) is 14.7. The van der Waals surface area contributed by atoms with Crippen molar-refractivity contribution in [3.8, 4) is 0 Å². The molecule has 2 aliphatic heterocycles. The Hall–Kier alpha value is -1.24. The fourth-order valence-corrected chi connectivity index (χ4v) is 3.05. The molecule has 8 N–H and O–H groups in total. The minimum Gasteiger partial charge on any atom is -0.394 e. The van der Waals surface area contributed by atoms with Crippen LogP contribution < -0.4 is 20.9 Å². The highest BCUT2D eigenvalue weighted by Crippen LogP contribution is 2.29. The average molecular weight is 365 g/mol. The van der Waals surface area contributed by atoms with Crippen LogP contribution in [0.2, 0.25) is 0 Å². The fraction of sp³-hybridized carbons (Fsp3) is 0.600. The number of carbonyl (C=O) groups excluding carboxylic acids is 1. The normalized spacial score (nSPS) is 35.3. The van der Waals surface area contributed by atoms with Crippen molar-refractivity contribution < 1.29 is 29.4 Å².